The van der Waals surface area contributed by atoms with Crippen molar-refractivity contribution < 1.29 is 37.9 Å². The van der Waals surface area contributed by atoms with Crippen LogP contribution in [0.3, 0.4) is 0 Å². The lowest BCUT2D eigenvalue weighted by Gasteiger charge is -2.15. The van der Waals surface area contributed by atoms with Gasteiger partial charge in [-0.3, -0.25) is 18.6 Å². The summed E-state index contributed by atoms with van der Waals surface area (Å²) in [5.74, 6) is -0.565. The van der Waals surface area contributed by atoms with Crippen molar-refractivity contribution in [3.05, 3.63) is 60.8 Å². The molecule has 2 unspecified atom stereocenters. The molecule has 1 amide bonds. The monoisotopic (exact) mass is 667 g/mol. The number of carbonyl (C=O) groups excluding carboxylic acids is 2. The van der Waals surface area contributed by atoms with Gasteiger partial charge >= 0.3 is 13.8 Å². The zero-order valence-corrected chi connectivity index (χ0v) is 29.4. The van der Waals surface area contributed by atoms with E-state index in [1.807, 2.05) is 0 Å². The number of amides is 1. The van der Waals surface area contributed by atoms with Gasteiger partial charge in [0.15, 0.2) is 0 Å². The third kappa shape index (κ3) is 33.1. The van der Waals surface area contributed by atoms with E-state index in [0.717, 1.165) is 70.6 Å². The van der Waals surface area contributed by atoms with Gasteiger partial charge in [0.1, 0.15) is 12.7 Å². The molecule has 0 bridgehead atoms. The topological polar surface area (TPSA) is 131 Å². The van der Waals surface area contributed by atoms with Gasteiger partial charge in [-0.2, -0.15) is 0 Å². The molecule has 0 saturated carbocycles. The van der Waals surface area contributed by atoms with Crippen LogP contribution in [0.4, 0.5) is 0 Å². The van der Waals surface area contributed by atoms with Crippen LogP contribution in [0, 0.1) is 0 Å². The summed E-state index contributed by atoms with van der Waals surface area (Å²) in [7, 11) is -4.41. The summed E-state index contributed by atoms with van der Waals surface area (Å²) in [5.41, 5.74) is 0. The summed E-state index contributed by atoms with van der Waals surface area (Å²) in [6.45, 7) is 3.29. The number of aliphatic hydroxyl groups is 1. The normalized spacial score (nSPS) is 14.3. The largest absolute Gasteiger partial charge is 0.472 e. The predicted octanol–water partition coefficient (Wildman–Crippen LogP) is 8.59. The molecule has 0 spiro atoms. The third-order valence-corrected chi connectivity index (χ3v) is 7.70. The average Bonchev–Trinajstić information content (AvgIpc) is 3.04. The Labute approximate surface area is 278 Å². The molecule has 3 N–H and O–H groups in total. The smallest absolute Gasteiger partial charge is 0.463 e. The number of hydrogen-bond acceptors (Lipinski definition) is 7. The van der Waals surface area contributed by atoms with Crippen LogP contribution >= 0.6 is 7.82 Å². The first-order valence-electron chi connectivity index (χ1n) is 17.3. The van der Waals surface area contributed by atoms with E-state index < -0.39 is 26.5 Å². The summed E-state index contributed by atoms with van der Waals surface area (Å²) in [6.07, 6.45) is 36.1. The minimum Gasteiger partial charge on any atom is -0.463 e. The number of carbonyl (C=O) groups is 2. The van der Waals surface area contributed by atoms with Crippen LogP contribution in [-0.4, -0.2) is 54.3 Å². The van der Waals surface area contributed by atoms with Gasteiger partial charge in [-0.25, -0.2) is 4.57 Å². The standard InChI is InChI=1S/C36H62NO8P/c1-3-5-7-9-11-12-13-14-15-16-17-18-19-20-21-22-23-25-27-29-36(40)43-32-34(38)33-45-46(41,42)44-31-30-37-35(39)28-26-24-10-8-6-4-2/h5,7,11-12,14-15,17-18,20-21,34,38H,3-4,6,8-10,13,16,19,22-33H2,1-2H3,(H,37,39)(H,41,42)/b7-5-,12-11-,15-14-,18-17-,21-20-. The molecular formula is C36H62NO8P. The quantitative estimate of drug-likeness (QED) is 0.0290. The Kier molecular flexibility index (Phi) is 31.0. The summed E-state index contributed by atoms with van der Waals surface area (Å²) >= 11 is 0. The molecule has 0 saturated heterocycles. The number of rotatable bonds is 31. The van der Waals surface area contributed by atoms with E-state index in [4.69, 9.17) is 13.8 Å². The third-order valence-electron chi connectivity index (χ3n) is 6.71. The Morgan fingerprint density at radius 2 is 1.24 bits per heavy atom. The summed E-state index contributed by atoms with van der Waals surface area (Å²) in [6, 6.07) is 0. The zero-order valence-electron chi connectivity index (χ0n) is 28.5. The number of phosphoric ester groups is 1. The second kappa shape index (κ2) is 32.6. The Bertz CT molecular complexity index is 944. The van der Waals surface area contributed by atoms with Crippen LogP contribution in [0.5, 0.6) is 0 Å². The number of phosphoric acid groups is 1. The van der Waals surface area contributed by atoms with Crippen molar-refractivity contribution in [2.75, 3.05) is 26.4 Å². The molecule has 0 aliphatic carbocycles. The molecule has 0 rings (SSSR count). The van der Waals surface area contributed by atoms with Crippen molar-refractivity contribution in [1.29, 1.82) is 0 Å². The van der Waals surface area contributed by atoms with E-state index in [2.05, 4.69) is 79.9 Å². The highest BCUT2D eigenvalue weighted by atomic mass is 31.2. The van der Waals surface area contributed by atoms with E-state index in [0.29, 0.717) is 12.8 Å². The van der Waals surface area contributed by atoms with Crippen LogP contribution < -0.4 is 5.32 Å². The molecule has 0 aromatic carbocycles. The molecule has 10 heteroatoms. The Balaban J connectivity index is 3.73. The van der Waals surface area contributed by atoms with Gasteiger partial charge in [-0.05, 0) is 57.8 Å². The highest BCUT2D eigenvalue weighted by Crippen LogP contribution is 2.42. The fourth-order valence-electron chi connectivity index (χ4n) is 4.11. The number of allylic oxidation sites excluding steroid dienone is 10. The number of nitrogens with one attached hydrogen (secondary N) is 1. The van der Waals surface area contributed by atoms with E-state index in [-0.39, 0.29) is 32.1 Å². The molecule has 0 fully saturated rings. The fourth-order valence-corrected chi connectivity index (χ4v) is 4.87. The second-order valence-corrected chi connectivity index (χ2v) is 12.6. The predicted molar refractivity (Wildman–Crippen MR) is 187 cm³/mol. The van der Waals surface area contributed by atoms with E-state index >= 15 is 0 Å². The first kappa shape index (κ1) is 43.7. The van der Waals surface area contributed by atoms with Crippen LogP contribution in [0.2, 0.25) is 0 Å². The van der Waals surface area contributed by atoms with E-state index in [9.17, 15) is 24.2 Å². The summed E-state index contributed by atoms with van der Waals surface area (Å²) in [5, 5.41) is 12.6. The molecule has 2 atom stereocenters. The van der Waals surface area contributed by atoms with Crippen molar-refractivity contribution >= 4 is 19.7 Å². The van der Waals surface area contributed by atoms with Gasteiger partial charge in [-0.15, -0.1) is 0 Å². The van der Waals surface area contributed by atoms with Gasteiger partial charge in [0, 0.05) is 19.4 Å². The number of unbranched alkanes of at least 4 members (excludes halogenated alkanes) is 8. The van der Waals surface area contributed by atoms with Gasteiger partial charge < -0.3 is 20.1 Å². The molecule has 0 heterocycles. The Morgan fingerprint density at radius 1 is 0.696 bits per heavy atom. The van der Waals surface area contributed by atoms with Gasteiger partial charge in [0.05, 0.1) is 13.2 Å². The first-order valence-corrected chi connectivity index (χ1v) is 18.8. The lowest BCUT2D eigenvalue weighted by atomic mass is 10.1. The van der Waals surface area contributed by atoms with Crippen molar-refractivity contribution in [1.82, 2.24) is 5.32 Å². The van der Waals surface area contributed by atoms with E-state index in [1.165, 1.54) is 19.3 Å². The molecule has 46 heavy (non-hydrogen) atoms. The number of hydrogen-bond donors (Lipinski definition) is 3. The highest BCUT2D eigenvalue weighted by Gasteiger charge is 2.23. The Hall–Kier alpha value is -2.29. The number of ether oxygens (including phenoxy) is 1. The zero-order chi connectivity index (χ0) is 34.0. The number of aliphatic hydroxyl groups excluding tert-OH is 1. The molecule has 0 aromatic rings. The molecule has 0 aliphatic rings. The highest BCUT2D eigenvalue weighted by molar-refractivity contribution is 7.47. The van der Waals surface area contributed by atoms with E-state index in [1.54, 1.807) is 0 Å². The van der Waals surface area contributed by atoms with Crippen LogP contribution in [0.1, 0.15) is 123 Å². The van der Waals surface area contributed by atoms with Gasteiger partial charge in [0.2, 0.25) is 5.91 Å². The van der Waals surface area contributed by atoms with Crippen molar-refractivity contribution in [3.63, 3.8) is 0 Å². The molecule has 0 radical (unpaired) electrons. The second-order valence-electron chi connectivity index (χ2n) is 11.1. The van der Waals surface area contributed by atoms with Crippen LogP contribution in [0.25, 0.3) is 0 Å². The molecule has 0 aliphatic heterocycles. The molecule has 9 nitrogen and oxygen atoms in total. The summed E-state index contributed by atoms with van der Waals surface area (Å²) in [4.78, 5) is 33.5. The number of esters is 1. The van der Waals surface area contributed by atoms with Crippen molar-refractivity contribution in [2.24, 2.45) is 0 Å². The SMILES string of the molecule is CC/C=C\C/C=C\C/C=C\C/C=C\C/C=C\CCCCCC(=O)OCC(O)COP(=O)(O)OCCNC(=O)CCCCCCCC. The van der Waals surface area contributed by atoms with Crippen LogP contribution in [-0.2, 0) is 27.9 Å². The lowest BCUT2D eigenvalue weighted by Crippen LogP contribution is -2.27. The molecular weight excluding hydrogens is 605 g/mol. The van der Waals surface area contributed by atoms with Gasteiger partial charge in [-0.1, -0.05) is 113 Å². The summed E-state index contributed by atoms with van der Waals surface area (Å²) < 4.78 is 26.6. The fraction of sp³-hybridized carbons (Fsp3) is 0.667. The van der Waals surface area contributed by atoms with Crippen molar-refractivity contribution in [3.8, 4) is 0 Å². The lowest BCUT2D eigenvalue weighted by molar-refractivity contribution is -0.147. The van der Waals surface area contributed by atoms with Crippen molar-refractivity contribution in [2.45, 2.75) is 129 Å². The maximum absolute atomic E-state index is 12.0. The maximum atomic E-state index is 12.0. The molecule has 264 valence electrons. The average molecular weight is 668 g/mol. The minimum absolute atomic E-state index is 0.0745. The Morgan fingerprint density at radius 3 is 1.87 bits per heavy atom. The van der Waals surface area contributed by atoms with Gasteiger partial charge in [0.25, 0.3) is 0 Å². The maximum Gasteiger partial charge on any atom is 0.472 e. The molecule has 0 aromatic heterocycles. The minimum atomic E-state index is -4.41. The van der Waals surface area contributed by atoms with Crippen LogP contribution in [0.15, 0.2) is 60.8 Å². The first-order chi connectivity index (χ1) is 22.3.